The van der Waals surface area contributed by atoms with Crippen LogP contribution in [0.25, 0.3) is 10.9 Å². The van der Waals surface area contributed by atoms with Gasteiger partial charge in [-0.25, -0.2) is 14.4 Å². The molecule has 1 aliphatic heterocycles. The quantitative estimate of drug-likeness (QED) is 0.515. The summed E-state index contributed by atoms with van der Waals surface area (Å²) < 4.78 is 25.6. The maximum absolute atomic E-state index is 14.2. The van der Waals surface area contributed by atoms with Crippen LogP contribution in [0.5, 0.6) is 11.5 Å². The zero-order valence-electron chi connectivity index (χ0n) is 18.0. The number of aromatic nitrogens is 2. The summed E-state index contributed by atoms with van der Waals surface area (Å²) in [5.74, 6) is 0.867. The minimum absolute atomic E-state index is 0.136. The second kappa shape index (κ2) is 9.85. The van der Waals surface area contributed by atoms with Crippen molar-refractivity contribution < 1.29 is 19.0 Å². The van der Waals surface area contributed by atoms with Gasteiger partial charge in [0.2, 0.25) is 0 Å². The zero-order valence-corrected chi connectivity index (χ0v) is 18.8. The lowest BCUT2D eigenvalue weighted by Gasteiger charge is -2.24. The smallest absolute Gasteiger partial charge is 0.163 e. The van der Waals surface area contributed by atoms with Gasteiger partial charge < -0.3 is 19.9 Å². The molecule has 2 unspecified atom stereocenters. The molecule has 4 rings (SSSR count). The number of aliphatic hydroxyl groups excluding tert-OH is 1. The molecule has 1 aromatic heterocycles. The molecule has 2 atom stereocenters. The van der Waals surface area contributed by atoms with E-state index in [1.54, 1.807) is 24.3 Å². The summed E-state index contributed by atoms with van der Waals surface area (Å²) in [7, 11) is 1.53. The first kappa shape index (κ1) is 22.5. The highest BCUT2D eigenvalue weighted by molar-refractivity contribution is 6.30. The van der Waals surface area contributed by atoms with Gasteiger partial charge in [0, 0.05) is 29.1 Å². The van der Waals surface area contributed by atoms with Crippen LogP contribution in [0.1, 0.15) is 19.8 Å². The molecule has 32 heavy (non-hydrogen) atoms. The van der Waals surface area contributed by atoms with E-state index >= 15 is 0 Å². The predicted molar refractivity (Wildman–Crippen MR) is 123 cm³/mol. The number of rotatable bonds is 8. The first-order valence-electron chi connectivity index (χ1n) is 10.5. The molecule has 0 bridgehead atoms. The Hall–Kier alpha value is -2.68. The van der Waals surface area contributed by atoms with E-state index < -0.39 is 11.9 Å². The predicted octanol–water partition coefficient (Wildman–Crippen LogP) is 4.40. The van der Waals surface area contributed by atoms with Crippen LogP contribution in [-0.4, -0.2) is 58.9 Å². The van der Waals surface area contributed by atoms with Gasteiger partial charge in [-0.05, 0) is 50.6 Å². The lowest BCUT2D eigenvalue weighted by atomic mass is 10.2. The van der Waals surface area contributed by atoms with Gasteiger partial charge in [-0.1, -0.05) is 11.6 Å². The summed E-state index contributed by atoms with van der Waals surface area (Å²) in [6.07, 6.45) is 3.08. The van der Waals surface area contributed by atoms with Crippen molar-refractivity contribution in [2.45, 2.75) is 31.9 Å². The normalized spacial score (nSPS) is 17.5. The van der Waals surface area contributed by atoms with Crippen LogP contribution in [0.3, 0.4) is 0 Å². The van der Waals surface area contributed by atoms with Gasteiger partial charge in [-0.2, -0.15) is 0 Å². The van der Waals surface area contributed by atoms with Gasteiger partial charge in [-0.15, -0.1) is 0 Å². The summed E-state index contributed by atoms with van der Waals surface area (Å²) in [5.41, 5.74) is 0.836. The largest absolute Gasteiger partial charge is 0.493 e. The average Bonchev–Trinajstić information content (AvgIpc) is 3.18. The van der Waals surface area contributed by atoms with Crippen molar-refractivity contribution in [2.24, 2.45) is 0 Å². The van der Waals surface area contributed by atoms with E-state index in [-0.39, 0.29) is 12.3 Å². The van der Waals surface area contributed by atoms with Crippen molar-refractivity contribution in [1.82, 2.24) is 14.9 Å². The number of methoxy groups -OCH3 is 1. The molecule has 0 radical (unpaired) electrons. The molecule has 2 heterocycles. The van der Waals surface area contributed by atoms with Crippen molar-refractivity contribution in [3.63, 3.8) is 0 Å². The van der Waals surface area contributed by atoms with Crippen molar-refractivity contribution >= 4 is 34.0 Å². The Bertz CT molecular complexity index is 1100. The highest BCUT2D eigenvalue weighted by atomic mass is 35.5. The second-order valence-corrected chi connectivity index (χ2v) is 8.38. The molecule has 2 N–H and O–H groups in total. The number of ether oxygens (including phenoxy) is 2. The van der Waals surface area contributed by atoms with Crippen LogP contribution in [0.15, 0.2) is 36.7 Å². The maximum atomic E-state index is 14.2. The number of nitrogens with one attached hydrogen (secondary N) is 1. The summed E-state index contributed by atoms with van der Waals surface area (Å²) in [6.45, 7) is 3.88. The summed E-state index contributed by atoms with van der Waals surface area (Å²) >= 11 is 5.83. The van der Waals surface area contributed by atoms with Crippen LogP contribution >= 0.6 is 11.6 Å². The highest BCUT2D eigenvalue weighted by Crippen LogP contribution is 2.35. The number of hydrogen-bond donors (Lipinski definition) is 2. The van der Waals surface area contributed by atoms with E-state index in [1.165, 1.54) is 19.5 Å². The average molecular weight is 461 g/mol. The van der Waals surface area contributed by atoms with Gasteiger partial charge in [0.15, 0.2) is 11.5 Å². The number of likely N-dealkylation sites (tertiary alicyclic amines) is 1. The SMILES string of the molecule is COc1cc2c(Nc3ccc(Cl)cc3F)ncnc2cc1OCC(O)CN1CCCC1C. The first-order valence-corrected chi connectivity index (χ1v) is 10.9. The molecule has 0 amide bonds. The fraction of sp³-hybridized carbons (Fsp3) is 0.391. The topological polar surface area (TPSA) is 79.7 Å². The second-order valence-electron chi connectivity index (χ2n) is 7.94. The van der Waals surface area contributed by atoms with E-state index in [0.717, 1.165) is 19.4 Å². The third-order valence-corrected chi connectivity index (χ3v) is 5.91. The minimum atomic E-state index is -0.619. The van der Waals surface area contributed by atoms with Gasteiger partial charge in [0.1, 0.15) is 30.7 Å². The van der Waals surface area contributed by atoms with Crippen LogP contribution in [0.4, 0.5) is 15.9 Å². The van der Waals surface area contributed by atoms with Gasteiger partial charge in [-0.3, -0.25) is 4.90 Å². The van der Waals surface area contributed by atoms with Gasteiger partial charge >= 0.3 is 0 Å². The number of anilines is 2. The Morgan fingerprint density at radius 2 is 2.12 bits per heavy atom. The van der Waals surface area contributed by atoms with Gasteiger partial charge in [0.05, 0.1) is 18.3 Å². The zero-order chi connectivity index (χ0) is 22.7. The number of hydrogen-bond acceptors (Lipinski definition) is 7. The molecular formula is C23H26ClFN4O3. The molecule has 1 aliphatic rings. The maximum Gasteiger partial charge on any atom is 0.163 e. The van der Waals surface area contributed by atoms with Crippen LogP contribution in [-0.2, 0) is 0 Å². The molecule has 1 fully saturated rings. The Morgan fingerprint density at radius 3 is 2.84 bits per heavy atom. The molecule has 0 saturated carbocycles. The fourth-order valence-electron chi connectivity index (χ4n) is 3.93. The number of benzene rings is 2. The molecule has 9 heteroatoms. The minimum Gasteiger partial charge on any atom is -0.493 e. The van der Waals surface area contributed by atoms with Gasteiger partial charge in [0.25, 0.3) is 0 Å². The number of nitrogens with zero attached hydrogens (tertiary/aromatic N) is 3. The Morgan fingerprint density at radius 1 is 1.28 bits per heavy atom. The van der Waals surface area contributed by atoms with Crippen LogP contribution < -0.4 is 14.8 Å². The number of aliphatic hydroxyl groups is 1. The lowest BCUT2D eigenvalue weighted by Crippen LogP contribution is -2.37. The molecule has 7 nitrogen and oxygen atoms in total. The standard InChI is InChI=1S/C23H26ClFN4O3/c1-14-4-3-7-29(14)11-16(30)12-32-22-10-20-17(9-21(22)31-2)23(27-13-26-20)28-19-6-5-15(24)8-18(19)25/h5-6,8-10,13-14,16,30H,3-4,7,11-12H2,1-2H3,(H,26,27,28). The highest BCUT2D eigenvalue weighted by Gasteiger charge is 2.23. The van der Waals surface area contributed by atoms with Crippen molar-refractivity contribution in [2.75, 3.05) is 32.1 Å². The molecule has 170 valence electrons. The monoisotopic (exact) mass is 460 g/mol. The van der Waals surface area contributed by atoms with Crippen LogP contribution in [0.2, 0.25) is 5.02 Å². The third-order valence-electron chi connectivity index (χ3n) is 5.67. The molecule has 3 aromatic rings. The molecule has 0 spiro atoms. The van der Waals surface area contributed by atoms with Crippen LogP contribution in [0, 0.1) is 5.82 Å². The van der Waals surface area contributed by atoms with E-state index in [2.05, 4.69) is 27.1 Å². The summed E-state index contributed by atoms with van der Waals surface area (Å²) in [5, 5.41) is 14.4. The Balaban J connectivity index is 1.53. The Kier molecular flexibility index (Phi) is 6.93. The molecule has 1 saturated heterocycles. The van der Waals surface area contributed by atoms with E-state index in [1.807, 2.05) is 0 Å². The molecular weight excluding hydrogens is 435 g/mol. The number of halogens is 2. The summed E-state index contributed by atoms with van der Waals surface area (Å²) in [4.78, 5) is 10.8. The number of β-amino-alcohol motifs (C(OH)–C–C–N with tert-alkyl or cyclic N) is 1. The Labute approximate surface area is 191 Å². The van der Waals surface area contributed by atoms with E-state index in [4.69, 9.17) is 21.1 Å². The van der Waals surface area contributed by atoms with E-state index in [0.29, 0.717) is 45.8 Å². The van der Waals surface area contributed by atoms with E-state index in [9.17, 15) is 9.50 Å². The molecule has 0 aliphatic carbocycles. The number of fused-ring (bicyclic) bond motifs is 1. The first-order chi connectivity index (χ1) is 15.4. The van der Waals surface area contributed by atoms with Crippen molar-refractivity contribution in [3.05, 3.63) is 47.5 Å². The third kappa shape index (κ3) is 5.03. The lowest BCUT2D eigenvalue weighted by molar-refractivity contribution is 0.0653. The van der Waals surface area contributed by atoms with Crippen molar-refractivity contribution in [3.8, 4) is 11.5 Å². The summed E-state index contributed by atoms with van der Waals surface area (Å²) in [6, 6.07) is 8.31. The fourth-order valence-corrected chi connectivity index (χ4v) is 4.09. The van der Waals surface area contributed by atoms with Crippen molar-refractivity contribution in [1.29, 1.82) is 0 Å². The molecule has 2 aromatic carbocycles.